The van der Waals surface area contributed by atoms with Crippen molar-refractivity contribution in [1.29, 1.82) is 0 Å². The van der Waals surface area contributed by atoms with Crippen LogP contribution in [0.2, 0.25) is 0 Å². The second-order valence-corrected chi connectivity index (χ2v) is 8.80. The number of aromatic nitrogens is 2. The number of carbonyl (C=O) groups excluding carboxylic acids is 1. The molecule has 0 bridgehead atoms. The minimum absolute atomic E-state index is 0.270. The van der Waals surface area contributed by atoms with Crippen molar-refractivity contribution in [3.8, 4) is 5.69 Å². The Morgan fingerprint density at radius 3 is 2.28 bits per heavy atom. The number of hydrogen-bond acceptors (Lipinski definition) is 4. The van der Waals surface area contributed by atoms with Crippen LogP contribution in [0.3, 0.4) is 0 Å². The summed E-state index contributed by atoms with van der Waals surface area (Å²) in [5.74, 6) is 0.522. The summed E-state index contributed by atoms with van der Waals surface area (Å²) in [6, 6.07) is 14.8. The fourth-order valence-electron chi connectivity index (χ4n) is 2.92. The first-order valence-electron chi connectivity index (χ1n) is 9.14. The van der Waals surface area contributed by atoms with E-state index in [1.54, 1.807) is 18.3 Å². The molecule has 0 unspecified atom stereocenters. The van der Waals surface area contributed by atoms with Crippen molar-refractivity contribution in [3.05, 3.63) is 77.9 Å². The van der Waals surface area contributed by atoms with Gasteiger partial charge in [0.1, 0.15) is 12.4 Å². The summed E-state index contributed by atoms with van der Waals surface area (Å²) in [6.07, 6.45) is 4.72. The molecule has 0 aliphatic heterocycles. The van der Waals surface area contributed by atoms with Gasteiger partial charge in [0.15, 0.2) is 0 Å². The number of anilines is 1. The maximum absolute atomic E-state index is 12.4. The summed E-state index contributed by atoms with van der Waals surface area (Å²) in [6.45, 7) is 3.89. The minimum Gasteiger partial charge on any atom is -0.350 e. The van der Waals surface area contributed by atoms with Gasteiger partial charge in [-0.15, -0.1) is 0 Å². The SMILES string of the molecule is Cc1ccc(N(CC(=O)NCc2ccc(-n3ccnc3C)cc2)S(C)(=O)=O)cc1. The van der Waals surface area contributed by atoms with Gasteiger partial charge in [0, 0.05) is 24.6 Å². The lowest BCUT2D eigenvalue weighted by Gasteiger charge is -2.22. The van der Waals surface area contributed by atoms with E-state index in [4.69, 9.17) is 0 Å². The van der Waals surface area contributed by atoms with E-state index < -0.39 is 10.0 Å². The number of nitrogens with zero attached hydrogens (tertiary/aromatic N) is 3. The molecule has 1 heterocycles. The summed E-state index contributed by atoms with van der Waals surface area (Å²) < 4.78 is 27.4. The van der Waals surface area contributed by atoms with E-state index in [9.17, 15) is 13.2 Å². The van der Waals surface area contributed by atoms with Crippen LogP contribution in [-0.4, -0.2) is 36.7 Å². The first-order valence-corrected chi connectivity index (χ1v) is 11.0. The van der Waals surface area contributed by atoms with Crippen LogP contribution in [0.1, 0.15) is 17.0 Å². The molecule has 8 heteroatoms. The maximum Gasteiger partial charge on any atom is 0.241 e. The highest BCUT2D eigenvalue weighted by Crippen LogP contribution is 2.18. The molecule has 1 aromatic heterocycles. The van der Waals surface area contributed by atoms with Gasteiger partial charge in [0.05, 0.1) is 11.9 Å². The third-order valence-electron chi connectivity index (χ3n) is 4.54. The quantitative estimate of drug-likeness (QED) is 0.646. The molecule has 0 fully saturated rings. The summed E-state index contributed by atoms with van der Waals surface area (Å²) in [5.41, 5.74) is 3.38. The van der Waals surface area contributed by atoms with Gasteiger partial charge in [-0.2, -0.15) is 0 Å². The smallest absolute Gasteiger partial charge is 0.241 e. The zero-order chi connectivity index (χ0) is 21.0. The summed E-state index contributed by atoms with van der Waals surface area (Å²) in [4.78, 5) is 16.6. The highest BCUT2D eigenvalue weighted by Gasteiger charge is 2.20. The predicted molar refractivity (Wildman–Crippen MR) is 114 cm³/mol. The Kier molecular flexibility index (Phi) is 6.03. The van der Waals surface area contributed by atoms with Crippen molar-refractivity contribution in [1.82, 2.24) is 14.9 Å². The van der Waals surface area contributed by atoms with Crippen LogP contribution in [0.5, 0.6) is 0 Å². The topological polar surface area (TPSA) is 84.3 Å². The van der Waals surface area contributed by atoms with Gasteiger partial charge < -0.3 is 9.88 Å². The number of amides is 1. The molecule has 2 aromatic carbocycles. The zero-order valence-electron chi connectivity index (χ0n) is 16.7. The molecule has 3 aromatic rings. The number of rotatable bonds is 7. The highest BCUT2D eigenvalue weighted by molar-refractivity contribution is 7.92. The molecule has 1 amide bonds. The number of benzene rings is 2. The lowest BCUT2D eigenvalue weighted by molar-refractivity contribution is -0.119. The number of sulfonamides is 1. The van der Waals surface area contributed by atoms with Crippen LogP contribution >= 0.6 is 0 Å². The molecule has 0 saturated carbocycles. The molecule has 0 aliphatic rings. The van der Waals surface area contributed by atoms with Crippen LogP contribution < -0.4 is 9.62 Å². The van der Waals surface area contributed by atoms with Gasteiger partial charge in [-0.1, -0.05) is 29.8 Å². The van der Waals surface area contributed by atoms with Gasteiger partial charge in [0.25, 0.3) is 0 Å². The summed E-state index contributed by atoms with van der Waals surface area (Å²) in [7, 11) is -3.58. The Morgan fingerprint density at radius 2 is 1.72 bits per heavy atom. The second-order valence-electron chi connectivity index (χ2n) is 6.89. The first-order chi connectivity index (χ1) is 13.7. The zero-order valence-corrected chi connectivity index (χ0v) is 17.5. The molecular weight excluding hydrogens is 388 g/mol. The van der Waals surface area contributed by atoms with Gasteiger partial charge in [-0.05, 0) is 43.7 Å². The maximum atomic E-state index is 12.4. The Balaban J connectivity index is 1.63. The van der Waals surface area contributed by atoms with Crippen LogP contribution in [0.4, 0.5) is 5.69 Å². The largest absolute Gasteiger partial charge is 0.350 e. The first kappa shape index (κ1) is 20.6. The van der Waals surface area contributed by atoms with E-state index in [1.807, 2.05) is 61.0 Å². The normalized spacial score (nSPS) is 11.3. The van der Waals surface area contributed by atoms with Crippen LogP contribution in [0, 0.1) is 13.8 Å². The van der Waals surface area contributed by atoms with E-state index in [0.29, 0.717) is 12.2 Å². The average Bonchev–Trinajstić information content (AvgIpc) is 3.11. The molecule has 0 spiro atoms. The van der Waals surface area contributed by atoms with Gasteiger partial charge in [0.2, 0.25) is 15.9 Å². The van der Waals surface area contributed by atoms with E-state index in [2.05, 4.69) is 10.3 Å². The Bertz CT molecular complexity index is 1090. The number of nitrogens with one attached hydrogen (secondary N) is 1. The molecule has 0 aliphatic carbocycles. The Morgan fingerprint density at radius 1 is 1.07 bits per heavy atom. The molecule has 3 rings (SSSR count). The van der Waals surface area contributed by atoms with Gasteiger partial charge in [-0.3, -0.25) is 9.10 Å². The van der Waals surface area contributed by atoms with Crippen molar-refractivity contribution in [2.24, 2.45) is 0 Å². The van der Waals surface area contributed by atoms with E-state index in [-0.39, 0.29) is 12.5 Å². The highest BCUT2D eigenvalue weighted by atomic mass is 32.2. The summed E-state index contributed by atoms with van der Waals surface area (Å²) >= 11 is 0. The second kappa shape index (κ2) is 8.48. The minimum atomic E-state index is -3.58. The third-order valence-corrected chi connectivity index (χ3v) is 5.68. The fraction of sp³-hybridized carbons (Fsp3) is 0.238. The number of carbonyl (C=O) groups is 1. The molecule has 0 radical (unpaired) electrons. The lowest BCUT2D eigenvalue weighted by Crippen LogP contribution is -2.40. The Labute approximate surface area is 171 Å². The summed E-state index contributed by atoms with van der Waals surface area (Å²) in [5, 5.41) is 2.78. The number of aryl methyl sites for hydroxylation is 2. The predicted octanol–water partition coefficient (Wildman–Crippen LogP) is 2.57. The number of hydrogen-bond donors (Lipinski definition) is 1. The standard InChI is InChI=1S/C21H24N4O3S/c1-16-4-8-20(9-5-16)25(29(3,27)28)15-21(26)23-14-18-6-10-19(11-7-18)24-13-12-22-17(24)2/h4-13H,14-15H2,1-3H3,(H,23,26). The Hall–Kier alpha value is -3.13. The lowest BCUT2D eigenvalue weighted by atomic mass is 10.2. The monoisotopic (exact) mass is 412 g/mol. The fourth-order valence-corrected chi connectivity index (χ4v) is 3.78. The molecule has 0 saturated heterocycles. The van der Waals surface area contributed by atoms with Crippen molar-refractivity contribution in [3.63, 3.8) is 0 Å². The molecular formula is C21H24N4O3S. The van der Waals surface area contributed by atoms with Crippen molar-refractivity contribution >= 4 is 21.6 Å². The van der Waals surface area contributed by atoms with Crippen molar-refractivity contribution < 1.29 is 13.2 Å². The van der Waals surface area contributed by atoms with Crippen molar-refractivity contribution in [2.75, 3.05) is 17.1 Å². The van der Waals surface area contributed by atoms with Crippen LogP contribution in [0.25, 0.3) is 5.69 Å². The molecule has 152 valence electrons. The average molecular weight is 413 g/mol. The van der Waals surface area contributed by atoms with Gasteiger partial charge >= 0.3 is 0 Å². The molecule has 7 nitrogen and oxygen atoms in total. The van der Waals surface area contributed by atoms with E-state index in [0.717, 1.165) is 33.2 Å². The van der Waals surface area contributed by atoms with Crippen LogP contribution in [0.15, 0.2) is 60.9 Å². The number of imidazole rings is 1. The van der Waals surface area contributed by atoms with E-state index >= 15 is 0 Å². The van der Waals surface area contributed by atoms with E-state index in [1.165, 1.54) is 0 Å². The van der Waals surface area contributed by atoms with Crippen molar-refractivity contribution in [2.45, 2.75) is 20.4 Å². The van der Waals surface area contributed by atoms with Gasteiger partial charge in [-0.25, -0.2) is 13.4 Å². The molecule has 0 atom stereocenters. The molecule has 29 heavy (non-hydrogen) atoms. The molecule has 1 N–H and O–H groups in total. The third kappa shape index (κ3) is 5.23. The van der Waals surface area contributed by atoms with Crippen LogP contribution in [-0.2, 0) is 21.4 Å².